The van der Waals surface area contributed by atoms with E-state index in [0.29, 0.717) is 11.4 Å². The summed E-state index contributed by atoms with van der Waals surface area (Å²) in [5.41, 5.74) is 6.35. The topological polar surface area (TPSA) is 72.5 Å². The van der Waals surface area contributed by atoms with Gasteiger partial charge in [-0.1, -0.05) is 26.2 Å². The van der Waals surface area contributed by atoms with Crippen LogP contribution in [-0.4, -0.2) is 17.2 Å². The molecular formula is C15H23NO3. The lowest BCUT2D eigenvalue weighted by molar-refractivity contribution is 0.0697. The number of anilines is 1. The summed E-state index contributed by atoms with van der Waals surface area (Å²) in [4.78, 5) is 10.8. The molecule has 0 heterocycles. The van der Waals surface area contributed by atoms with E-state index in [1.165, 1.54) is 31.4 Å². The first-order chi connectivity index (χ1) is 9.04. The molecule has 0 spiro atoms. The van der Waals surface area contributed by atoms with Crippen molar-refractivity contribution in [3.8, 4) is 5.75 Å². The molecule has 0 radical (unpaired) electrons. The summed E-state index contributed by atoms with van der Waals surface area (Å²) < 4.78 is 5.74. The molecule has 0 amide bonds. The summed E-state index contributed by atoms with van der Waals surface area (Å²) in [6.45, 7) is 4.20. The van der Waals surface area contributed by atoms with Gasteiger partial charge in [0.05, 0.1) is 17.4 Å². The van der Waals surface area contributed by atoms with Crippen molar-refractivity contribution in [3.63, 3.8) is 0 Å². The SMILES string of the molecule is CCCCCCC(C)Oc1ccc(C(=O)O)cc1N. The molecule has 1 aromatic rings. The molecular weight excluding hydrogens is 242 g/mol. The lowest BCUT2D eigenvalue weighted by Gasteiger charge is -2.16. The average molecular weight is 265 g/mol. The zero-order valence-electron chi connectivity index (χ0n) is 11.7. The Bertz CT molecular complexity index is 418. The minimum Gasteiger partial charge on any atom is -0.489 e. The lowest BCUT2D eigenvalue weighted by Crippen LogP contribution is -2.13. The smallest absolute Gasteiger partial charge is 0.335 e. The van der Waals surface area contributed by atoms with Crippen LogP contribution < -0.4 is 10.5 Å². The molecule has 1 atom stereocenters. The van der Waals surface area contributed by atoms with Gasteiger partial charge in [-0.2, -0.15) is 0 Å². The number of carboxylic acid groups (broad SMARTS) is 1. The molecule has 19 heavy (non-hydrogen) atoms. The van der Waals surface area contributed by atoms with Gasteiger partial charge in [0, 0.05) is 0 Å². The first-order valence-corrected chi connectivity index (χ1v) is 6.84. The van der Waals surface area contributed by atoms with Crippen molar-refractivity contribution in [2.45, 2.75) is 52.1 Å². The maximum atomic E-state index is 10.8. The molecule has 0 aliphatic carbocycles. The van der Waals surface area contributed by atoms with Gasteiger partial charge in [-0.15, -0.1) is 0 Å². The van der Waals surface area contributed by atoms with Crippen LogP contribution in [0.15, 0.2) is 18.2 Å². The molecule has 3 N–H and O–H groups in total. The van der Waals surface area contributed by atoms with E-state index in [9.17, 15) is 4.79 Å². The van der Waals surface area contributed by atoms with Gasteiger partial charge in [0.2, 0.25) is 0 Å². The van der Waals surface area contributed by atoms with E-state index < -0.39 is 5.97 Å². The first-order valence-electron chi connectivity index (χ1n) is 6.84. The lowest BCUT2D eigenvalue weighted by atomic mass is 10.1. The van der Waals surface area contributed by atoms with Crippen LogP contribution in [0.5, 0.6) is 5.75 Å². The maximum Gasteiger partial charge on any atom is 0.335 e. The highest BCUT2D eigenvalue weighted by molar-refractivity contribution is 5.89. The molecule has 4 nitrogen and oxygen atoms in total. The molecule has 1 rings (SSSR count). The van der Waals surface area contributed by atoms with Gasteiger partial charge < -0.3 is 15.6 Å². The summed E-state index contributed by atoms with van der Waals surface area (Å²) in [6, 6.07) is 4.57. The Kier molecular flexibility index (Phi) is 6.19. The number of carbonyl (C=O) groups is 1. The largest absolute Gasteiger partial charge is 0.489 e. The van der Waals surface area contributed by atoms with Gasteiger partial charge >= 0.3 is 5.97 Å². The van der Waals surface area contributed by atoms with Gasteiger partial charge in [0.1, 0.15) is 5.75 Å². The number of hydrogen-bond acceptors (Lipinski definition) is 3. The Morgan fingerprint density at radius 1 is 1.37 bits per heavy atom. The highest BCUT2D eigenvalue weighted by Crippen LogP contribution is 2.24. The summed E-state index contributed by atoms with van der Waals surface area (Å²) >= 11 is 0. The van der Waals surface area contributed by atoms with Crippen molar-refractivity contribution in [2.24, 2.45) is 0 Å². The van der Waals surface area contributed by atoms with Crippen LogP contribution in [-0.2, 0) is 0 Å². The van der Waals surface area contributed by atoms with Crippen LogP contribution in [0, 0.1) is 0 Å². The maximum absolute atomic E-state index is 10.8. The molecule has 0 fully saturated rings. The highest BCUT2D eigenvalue weighted by atomic mass is 16.5. The van der Waals surface area contributed by atoms with E-state index in [2.05, 4.69) is 6.92 Å². The average Bonchev–Trinajstić information content (AvgIpc) is 2.37. The van der Waals surface area contributed by atoms with Gasteiger partial charge in [0.15, 0.2) is 0 Å². The predicted octanol–water partition coefficient (Wildman–Crippen LogP) is 3.70. The molecule has 0 aliphatic heterocycles. The fourth-order valence-corrected chi connectivity index (χ4v) is 1.92. The van der Waals surface area contributed by atoms with Gasteiger partial charge in [-0.05, 0) is 38.0 Å². The van der Waals surface area contributed by atoms with Crippen LogP contribution in [0.1, 0.15) is 56.3 Å². The van der Waals surface area contributed by atoms with Crippen molar-refractivity contribution in [1.29, 1.82) is 0 Å². The minimum atomic E-state index is -0.981. The molecule has 1 aromatic carbocycles. The Morgan fingerprint density at radius 2 is 2.11 bits per heavy atom. The summed E-state index contributed by atoms with van der Waals surface area (Å²) in [6.07, 6.45) is 5.91. The second kappa shape index (κ2) is 7.67. The quantitative estimate of drug-likeness (QED) is 0.555. The number of rotatable bonds is 8. The Morgan fingerprint density at radius 3 is 2.68 bits per heavy atom. The van der Waals surface area contributed by atoms with E-state index in [1.54, 1.807) is 6.07 Å². The number of aromatic carboxylic acids is 1. The second-order valence-corrected chi connectivity index (χ2v) is 4.84. The van der Waals surface area contributed by atoms with E-state index in [0.717, 1.165) is 12.8 Å². The third-order valence-electron chi connectivity index (χ3n) is 3.05. The predicted molar refractivity (Wildman–Crippen MR) is 76.7 cm³/mol. The van der Waals surface area contributed by atoms with Crippen LogP contribution in [0.2, 0.25) is 0 Å². The van der Waals surface area contributed by atoms with Gasteiger partial charge in [0.25, 0.3) is 0 Å². The monoisotopic (exact) mass is 265 g/mol. The third kappa shape index (κ3) is 5.20. The Hall–Kier alpha value is -1.71. The van der Waals surface area contributed by atoms with Gasteiger partial charge in [-0.3, -0.25) is 0 Å². The minimum absolute atomic E-state index is 0.0924. The number of ether oxygens (including phenoxy) is 1. The van der Waals surface area contributed by atoms with Crippen LogP contribution in [0.3, 0.4) is 0 Å². The van der Waals surface area contributed by atoms with Crippen LogP contribution in [0.25, 0.3) is 0 Å². The number of nitrogen functional groups attached to an aromatic ring is 1. The van der Waals surface area contributed by atoms with Crippen LogP contribution in [0.4, 0.5) is 5.69 Å². The highest BCUT2D eigenvalue weighted by Gasteiger charge is 2.10. The molecule has 0 saturated carbocycles. The normalized spacial score (nSPS) is 12.1. The summed E-state index contributed by atoms with van der Waals surface area (Å²) in [7, 11) is 0. The van der Waals surface area contributed by atoms with Crippen molar-refractivity contribution < 1.29 is 14.6 Å². The molecule has 106 valence electrons. The van der Waals surface area contributed by atoms with Crippen molar-refractivity contribution >= 4 is 11.7 Å². The molecule has 1 unspecified atom stereocenters. The molecule has 4 heteroatoms. The van der Waals surface area contributed by atoms with Crippen molar-refractivity contribution in [3.05, 3.63) is 23.8 Å². The number of benzene rings is 1. The van der Waals surface area contributed by atoms with Gasteiger partial charge in [-0.25, -0.2) is 4.79 Å². The molecule has 0 bridgehead atoms. The van der Waals surface area contributed by atoms with E-state index >= 15 is 0 Å². The summed E-state index contributed by atoms with van der Waals surface area (Å²) in [5, 5.41) is 8.85. The Labute approximate surface area is 114 Å². The van der Waals surface area contributed by atoms with Crippen LogP contribution >= 0.6 is 0 Å². The molecule has 0 aromatic heterocycles. The van der Waals surface area contributed by atoms with E-state index in [4.69, 9.17) is 15.6 Å². The molecule has 0 aliphatic rings. The molecule has 0 saturated heterocycles. The Balaban J connectivity index is 2.50. The zero-order chi connectivity index (χ0) is 14.3. The zero-order valence-corrected chi connectivity index (χ0v) is 11.7. The third-order valence-corrected chi connectivity index (χ3v) is 3.05. The fourth-order valence-electron chi connectivity index (χ4n) is 1.92. The van der Waals surface area contributed by atoms with E-state index in [1.807, 2.05) is 6.92 Å². The van der Waals surface area contributed by atoms with Crippen molar-refractivity contribution in [2.75, 3.05) is 5.73 Å². The number of unbranched alkanes of at least 4 members (excludes halogenated alkanes) is 3. The van der Waals surface area contributed by atoms with E-state index in [-0.39, 0.29) is 11.7 Å². The second-order valence-electron chi connectivity index (χ2n) is 4.84. The standard InChI is InChI=1S/C15H23NO3/c1-3-4-5-6-7-11(2)19-14-9-8-12(15(17)18)10-13(14)16/h8-11H,3-7,16H2,1-2H3,(H,17,18). The van der Waals surface area contributed by atoms with Crippen molar-refractivity contribution in [1.82, 2.24) is 0 Å². The number of nitrogens with two attached hydrogens (primary N) is 1. The summed E-state index contributed by atoms with van der Waals surface area (Å²) in [5.74, 6) is -0.418. The number of hydrogen-bond donors (Lipinski definition) is 2. The fraction of sp³-hybridized carbons (Fsp3) is 0.533. The first kappa shape index (κ1) is 15.3. The number of carboxylic acids is 1.